The van der Waals surface area contributed by atoms with E-state index >= 15 is 0 Å². The number of aryl methyl sites for hydroxylation is 2. The van der Waals surface area contributed by atoms with Crippen molar-refractivity contribution >= 4 is 52.1 Å². The lowest BCUT2D eigenvalue weighted by Crippen LogP contribution is -2.29. The van der Waals surface area contributed by atoms with Gasteiger partial charge in [0.2, 0.25) is 0 Å². The minimum atomic E-state index is -0.940. The molecule has 0 saturated carbocycles. The molecule has 1 N–H and O–H groups in total. The topological polar surface area (TPSA) is 55.4 Å². The van der Waals surface area contributed by atoms with Crippen LogP contribution in [-0.2, 0) is 22.4 Å². The maximum Gasteiger partial charge on any atom is 0.349 e. The molecule has 1 aromatic heterocycles. The molecule has 1 atom stereocenters. The SMILES string of the molecule is CC(OC(=O)c1cc2c(s1)CCC2)C(=O)Nc1cc(Cl)ccc1Cl. The largest absolute Gasteiger partial charge is 0.448 e. The van der Waals surface area contributed by atoms with Gasteiger partial charge in [0.25, 0.3) is 5.91 Å². The molecule has 0 aliphatic heterocycles. The quantitative estimate of drug-likeness (QED) is 0.776. The molecular formula is C17H15Cl2NO3S. The van der Waals surface area contributed by atoms with Gasteiger partial charge < -0.3 is 10.1 Å². The lowest BCUT2D eigenvalue weighted by Gasteiger charge is -2.14. The van der Waals surface area contributed by atoms with Crippen molar-refractivity contribution in [2.45, 2.75) is 32.3 Å². The minimum absolute atomic E-state index is 0.362. The number of carbonyl (C=O) groups is 2. The summed E-state index contributed by atoms with van der Waals surface area (Å²) in [6.07, 6.45) is 2.21. The lowest BCUT2D eigenvalue weighted by atomic mass is 10.2. The molecular weight excluding hydrogens is 369 g/mol. The normalized spacial score (nSPS) is 14.1. The van der Waals surface area contributed by atoms with Crippen LogP contribution in [0.1, 0.15) is 33.5 Å². The number of ether oxygens (including phenoxy) is 1. The van der Waals surface area contributed by atoms with Crippen molar-refractivity contribution in [3.8, 4) is 0 Å². The molecule has 1 amide bonds. The van der Waals surface area contributed by atoms with Gasteiger partial charge in [0.05, 0.1) is 10.7 Å². The monoisotopic (exact) mass is 383 g/mol. The van der Waals surface area contributed by atoms with E-state index in [-0.39, 0.29) is 0 Å². The number of benzene rings is 1. The molecule has 0 fully saturated rings. The van der Waals surface area contributed by atoms with Crippen LogP contribution in [0.15, 0.2) is 24.3 Å². The van der Waals surface area contributed by atoms with Crippen molar-refractivity contribution in [2.75, 3.05) is 5.32 Å². The van der Waals surface area contributed by atoms with Gasteiger partial charge in [0.1, 0.15) is 4.88 Å². The summed E-state index contributed by atoms with van der Waals surface area (Å²) in [5.41, 5.74) is 1.60. The number of amides is 1. The summed E-state index contributed by atoms with van der Waals surface area (Å²) < 4.78 is 5.26. The molecule has 4 nitrogen and oxygen atoms in total. The number of hydrogen-bond acceptors (Lipinski definition) is 4. The molecule has 3 rings (SSSR count). The zero-order valence-corrected chi connectivity index (χ0v) is 15.2. The third-order valence-electron chi connectivity index (χ3n) is 3.79. The van der Waals surface area contributed by atoms with Crippen molar-refractivity contribution in [2.24, 2.45) is 0 Å². The number of rotatable bonds is 4. The summed E-state index contributed by atoms with van der Waals surface area (Å²) in [4.78, 5) is 26.2. The van der Waals surface area contributed by atoms with Crippen LogP contribution < -0.4 is 5.32 Å². The fourth-order valence-corrected chi connectivity index (χ4v) is 4.00. The zero-order chi connectivity index (χ0) is 17.3. The Bertz CT molecular complexity index is 782. The van der Waals surface area contributed by atoms with Crippen LogP contribution in [0.4, 0.5) is 5.69 Å². The molecule has 1 aromatic carbocycles. The fourth-order valence-electron chi connectivity index (χ4n) is 2.53. The Labute approximate surface area is 153 Å². The molecule has 1 aliphatic rings. The molecule has 1 aliphatic carbocycles. The van der Waals surface area contributed by atoms with Gasteiger partial charge in [-0.3, -0.25) is 4.79 Å². The summed E-state index contributed by atoms with van der Waals surface area (Å²) in [7, 11) is 0. The Balaban J connectivity index is 1.63. The van der Waals surface area contributed by atoms with Crippen LogP contribution in [0, 0.1) is 0 Å². The number of hydrogen-bond donors (Lipinski definition) is 1. The zero-order valence-electron chi connectivity index (χ0n) is 12.9. The van der Waals surface area contributed by atoms with Gasteiger partial charge >= 0.3 is 5.97 Å². The van der Waals surface area contributed by atoms with Crippen LogP contribution in [0.5, 0.6) is 0 Å². The van der Waals surface area contributed by atoms with Crippen LogP contribution in [0.3, 0.4) is 0 Å². The predicted octanol–water partition coefficient (Wildman–Crippen LogP) is 4.73. The first-order valence-electron chi connectivity index (χ1n) is 7.52. The van der Waals surface area contributed by atoms with E-state index in [2.05, 4.69) is 5.32 Å². The Morgan fingerprint density at radius 1 is 1.25 bits per heavy atom. The molecule has 2 aromatic rings. The number of fused-ring (bicyclic) bond motifs is 1. The van der Waals surface area contributed by atoms with Gasteiger partial charge in [0.15, 0.2) is 6.10 Å². The van der Waals surface area contributed by atoms with Crippen LogP contribution in [-0.4, -0.2) is 18.0 Å². The van der Waals surface area contributed by atoms with Gasteiger partial charge in [-0.15, -0.1) is 11.3 Å². The lowest BCUT2D eigenvalue weighted by molar-refractivity contribution is -0.123. The summed E-state index contributed by atoms with van der Waals surface area (Å²) in [6, 6.07) is 6.62. The summed E-state index contributed by atoms with van der Waals surface area (Å²) in [5, 5.41) is 3.43. The highest BCUT2D eigenvalue weighted by Gasteiger charge is 2.23. The first kappa shape index (κ1) is 17.3. The van der Waals surface area contributed by atoms with E-state index < -0.39 is 18.0 Å². The Kier molecular flexibility index (Phi) is 5.13. The second-order valence-electron chi connectivity index (χ2n) is 5.57. The van der Waals surface area contributed by atoms with E-state index in [0.717, 1.165) is 19.3 Å². The molecule has 0 radical (unpaired) electrons. The average molecular weight is 384 g/mol. The van der Waals surface area contributed by atoms with Crippen LogP contribution in [0.2, 0.25) is 10.0 Å². The van der Waals surface area contributed by atoms with Gasteiger partial charge in [-0.2, -0.15) is 0 Å². The van der Waals surface area contributed by atoms with Gasteiger partial charge in [-0.25, -0.2) is 4.79 Å². The average Bonchev–Trinajstić information content (AvgIpc) is 3.12. The number of anilines is 1. The van der Waals surface area contributed by atoms with Crippen molar-refractivity contribution in [1.82, 2.24) is 0 Å². The van der Waals surface area contributed by atoms with Crippen molar-refractivity contribution in [1.29, 1.82) is 0 Å². The molecule has 0 spiro atoms. The van der Waals surface area contributed by atoms with E-state index in [1.54, 1.807) is 18.2 Å². The van der Waals surface area contributed by atoms with Crippen LogP contribution >= 0.6 is 34.5 Å². The van der Waals surface area contributed by atoms with Gasteiger partial charge in [-0.05, 0) is 56.0 Å². The fraction of sp³-hybridized carbons (Fsp3) is 0.294. The molecule has 24 heavy (non-hydrogen) atoms. The molecule has 7 heteroatoms. The van der Waals surface area contributed by atoms with Crippen LogP contribution in [0.25, 0.3) is 0 Å². The first-order chi connectivity index (χ1) is 11.4. The maximum absolute atomic E-state index is 12.2. The number of nitrogens with one attached hydrogen (secondary N) is 1. The van der Waals surface area contributed by atoms with E-state index in [1.807, 2.05) is 6.07 Å². The maximum atomic E-state index is 12.2. The third-order valence-corrected chi connectivity index (χ3v) is 5.57. The highest BCUT2D eigenvalue weighted by Crippen LogP contribution is 2.31. The highest BCUT2D eigenvalue weighted by molar-refractivity contribution is 7.14. The second kappa shape index (κ2) is 7.13. The number of halogens is 2. The summed E-state index contributed by atoms with van der Waals surface area (Å²) in [5.74, 6) is -0.939. The van der Waals surface area contributed by atoms with Crippen molar-refractivity contribution < 1.29 is 14.3 Å². The Morgan fingerprint density at radius 2 is 2.04 bits per heavy atom. The summed E-state index contributed by atoms with van der Waals surface area (Å²) in [6.45, 7) is 1.52. The molecule has 1 unspecified atom stereocenters. The molecule has 0 bridgehead atoms. The molecule has 1 heterocycles. The highest BCUT2D eigenvalue weighted by atomic mass is 35.5. The Hall–Kier alpha value is -1.56. The van der Waals surface area contributed by atoms with Gasteiger partial charge in [-0.1, -0.05) is 23.2 Å². The number of carbonyl (C=O) groups excluding carboxylic acids is 2. The molecule has 0 saturated heterocycles. The van der Waals surface area contributed by atoms with Gasteiger partial charge in [0, 0.05) is 9.90 Å². The van der Waals surface area contributed by atoms with Crippen molar-refractivity contribution in [3.05, 3.63) is 49.6 Å². The smallest absolute Gasteiger partial charge is 0.349 e. The summed E-state index contributed by atoms with van der Waals surface area (Å²) >= 11 is 13.3. The van der Waals surface area contributed by atoms with E-state index in [4.69, 9.17) is 27.9 Å². The standard InChI is InChI=1S/C17H15Cl2NO3S/c1-9(16(21)20-13-8-11(18)5-6-12(13)19)23-17(22)15-7-10-3-2-4-14(10)24-15/h5-9H,2-4H2,1H3,(H,20,21). The predicted molar refractivity (Wildman–Crippen MR) is 96.3 cm³/mol. The van der Waals surface area contributed by atoms with E-state index in [1.165, 1.54) is 28.7 Å². The molecule has 126 valence electrons. The number of esters is 1. The Morgan fingerprint density at radius 3 is 2.79 bits per heavy atom. The minimum Gasteiger partial charge on any atom is -0.448 e. The third kappa shape index (κ3) is 3.74. The van der Waals surface area contributed by atoms with E-state index in [9.17, 15) is 9.59 Å². The van der Waals surface area contributed by atoms with E-state index in [0.29, 0.717) is 20.6 Å². The van der Waals surface area contributed by atoms with Crippen molar-refractivity contribution in [3.63, 3.8) is 0 Å². The second-order valence-corrected chi connectivity index (χ2v) is 7.55. The first-order valence-corrected chi connectivity index (χ1v) is 9.10. The number of thiophene rings is 1.